The maximum Gasteiger partial charge on any atom is 0.200 e. The van der Waals surface area contributed by atoms with E-state index >= 15 is 0 Å². The molecule has 0 amide bonds. The summed E-state index contributed by atoms with van der Waals surface area (Å²) in [5.41, 5.74) is -0.672. The minimum absolute atomic E-state index is 0.0972. The summed E-state index contributed by atoms with van der Waals surface area (Å²) in [4.78, 5) is 0. The quantitative estimate of drug-likeness (QED) is 0.401. The third-order valence-electron chi connectivity index (χ3n) is 4.19. The first-order chi connectivity index (χ1) is 9.52. The highest BCUT2D eigenvalue weighted by Gasteiger charge is 2.40. The summed E-state index contributed by atoms with van der Waals surface area (Å²) >= 11 is 0. The largest absolute Gasteiger partial charge is 0.203 e. The fourth-order valence-corrected chi connectivity index (χ4v) is 3.24. The van der Waals surface area contributed by atoms with Gasteiger partial charge >= 0.3 is 0 Å². The van der Waals surface area contributed by atoms with Crippen LogP contribution >= 0.6 is 0 Å². The van der Waals surface area contributed by atoms with Crippen LogP contribution in [0, 0.1) is 40.9 Å². The van der Waals surface area contributed by atoms with Crippen LogP contribution in [0.4, 0.5) is 22.0 Å². The number of benzene rings is 1. The molecule has 0 radical (unpaired) electrons. The van der Waals surface area contributed by atoms with Gasteiger partial charge in [0.15, 0.2) is 23.3 Å². The van der Waals surface area contributed by atoms with Crippen molar-refractivity contribution in [2.24, 2.45) is 11.8 Å². The summed E-state index contributed by atoms with van der Waals surface area (Å²) in [6.07, 6.45) is 8.35. The molecule has 20 heavy (non-hydrogen) atoms. The molecule has 1 aromatic rings. The second-order valence-electron chi connectivity index (χ2n) is 5.18. The zero-order chi connectivity index (χ0) is 14.4. The van der Waals surface area contributed by atoms with Crippen LogP contribution in [0.3, 0.4) is 0 Å². The molecule has 0 N–H and O–H groups in total. The van der Waals surface area contributed by atoms with Crippen molar-refractivity contribution in [1.29, 1.82) is 0 Å². The Balaban J connectivity index is 2.12. The first-order valence-corrected chi connectivity index (χ1v) is 6.38. The van der Waals surface area contributed by atoms with Crippen LogP contribution in [-0.2, 0) is 0 Å². The van der Waals surface area contributed by atoms with Crippen LogP contribution in [0.2, 0.25) is 0 Å². The highest BCUT2D eigenvalue weighted by atomic mass is 19.2. The first kappa shape index (κ1) is 13.3. The molecule has 0 spiro atoms. The van der Waals surface area contributed by atoms with Crippen LogP contribution in [0.25, 0.3) is 0 Å². The summed E-state index contributed by atoms with van der Waals surface area (Å²) in [6.45, 7) is 0. The zero-order valence-corrected chi connectivity index (χ0v) is 10.3. The van der Waals surface area contributed by atoms with Gasteiger partial charge in [-0.3, -0.25) is 0 Å². The van der Waals surface area contributed by atoms with E-state index < -0.39 is 40.6 Å². The number of hydrogen-bond donors (Lipinski definition) is 0. The van der Waals surface area contributed by atoms with E-state index in [0.29, 0.717) is 12.8 Å². The third kappa shape index (κ3) is 1.79. The molecule has 2 aliphatic rings. The van der Waals surface area contributed by atoms with Gasteiger partial charge < -0.3 is 0 Å². The number of fused-ring (bicyclic) bond motifs is 1. The molecule has 1 saturated carbocycles. The van der Waals surface area contributed by atoms with Crippen molar-refractivity contribution >= 4 is 0 Å². The molecule has 106 valence electrons. The molecule has 0 saturated heterocycles. The SMILES string of the molecule is Fc1c(F)c(F)c(C2CCC3C=CC=C[C@H]32)c(F)c1F. The van der Waals surface area contributed by atoms with E-state index in [0.717, 1.165) is 0 Å². The average molecular weight is 286 g/mol. The predicted molar refractivity (Wildman–Crippen MR) is 63.5 cm³/mol. The van der Waals surface area contributed by atoms with Gasteiger partial charge in [0.1, 0.15) is 0 Å². The van der Waals surface area contributed by atoms with Gasteiger partial charge in [-0.2, -0.15) is 0 Å². The smallest absolute Gasteiger partial charge is 0.200 e. The summed E-state index contributed by atoms with van der Waals surface area (Å²) in [7, 11) is 0. The Morgan fingerprint density at radius 1 is 0.700 bits per heavy atom. The molecule has 2 aliphatic carbocycles. The van der Waals surface area contributed by atoms with Gasteiger partial charge in [-0.1, -0.05) is 24.3 Å². The molecule has 1 aromatic carbocycles. The Bertz CT molecular complexity index is 588. The van der Waals surface area contributed by atoms with Crippen LogP contribution in [0.1, 0.15) is 24.3 Å². The minimum Gasteiger partial charge on any atom is -0.203 e. The fourth-order valence-electron chi connectivity index (χ4n) is 3.24. The molecular weight excluding hydrogens is 275 g/mol. The van der Waals surface area contributed by atoms with Crippen molar-refractivity contribution in [1.82, 2.24) is 0 Å². The molecule has 5 heteroatoms. The van der Waals surface area contributed by atoms with Crippen LogP contribution in [0.5, 0.6) is 0 Å². The van der Waals surface area contributed by atoms with Crippen molar-refractivity contribution in [2.75, 3.05) is 0 Å². The van der Waals surface area contributed by atoms with Gasteiger partial charge in [0, 0.05) is 5.56 Å². The summed E-state index contributed by atoms with van der Waals surface area (Å²) < 4.78 is 67.3. The van der Waals surface area contributed by atoms with Crippen LogP contribution in [-0.4, -0.2) is 0 Å². The molecule has 3 rings (SSSR count). The minimum atomic E-state index is -2.10. The monoisotopic (exact) mass is 286 g/mol. The van der Waals surface area contributed by atoms with E-state index in [1.54, 1.807) is 12.2 Å². The Hall–Kier alpha value is -1.65. The van der Waals surface area contributed by atoms with Crippen LogP contribution in [0.15, 0.2) is 24.3 Å². The first-order valence-electron chi connectivity index (χ1n) is 6.38. The lowest BCUT2D eigenvalue weighted by Gasteiger charge is -2.23. The van der Waals surface area contributed by atoms with Gasteiger partial charge in [0.2, 0.25) is 5.82 Å². The lowest BCUT2D eigenvalue weighted by atomic mass is 9.82. The van der Waals surface area contributed by atoms with Gasteiger partial charge in [-0.15, -0.1) is 0 Å². The lowest BCUT2D eigenvalue weighted by Crippen LogP contribution is -2.17. The third-order valence-corrected chi connectivity index (χ3v) is 4.19. The molecule has 0 heterocycles. The standard InChI is InChI=1S/C15H11F5/c16-11-10(12(17)14(19)15(20)13(11)18)9-6-5-7-3-1-2-4-8(7)9/h1-4,7-9H,5-6H2/t7?,8-,9?/m1/s1. The summed E-state index contributed by atoms with van der Waals surface area (Å²) in [5, 5.41) is 0. The van der Waals surface area contributed by atoms with Crippen molar-refractivity contribution in [3.8, 4) is 0 Å². The molecule has 1 fully saturated rings. The molecule has 2 unspecified atom stereocenters. The summed E-state index contributed by atoms with van der Waals surface area (Å²) in [6, 6.07) is 0. The lowest BCUT2D eigenvalue weighted by molar-refractivity contribution is 0.356. The zero-order valence-electron chi connectivity index (χ0n) is 10.3. The molecular formula is C15H11F5. The Morgan fingerprint density at radius 3 is 1.90 bits per heavy atom. The predicted octanol–water partition coefficient (Wildman–Crippen LogP) is 4.62. The van der Waals surface area contributed by atoms with E-state index in [1.165, 1.54) is 0 Å². The van der Waals surface area contributed by atoms with Crippen LogP contribution < -0.4 is 0 Å². The highest BCUT2D eigenvalue weighted by Crippen LogP contribution is 2.48. The van der Waals surface area contributed by atoms with E-state index in [4.69, 9.17) is 0 Å². The summed E-state index contributed by atoms with van der Waals surface area (Å²) in [5.74, 6) is -10.0. The Morgan fingerprint density at radius 2 is 1.25 bits per heavy atom. The topological polar surface area (TPSA) is 0 Å². The molecule has 0 bridgehead atoms. The second-order valence-corrected chi connectivity index (χ2v) is 5.18. The maximum absolute atomic E-state index is 13.9. The normalized spacial score (nSPS) is 27.9. The fraction of sp³-hybridized carbons (Fsp3) is 0.333. The van der Waals surface area contributed by atoms with Crippen molar-refractivity contribution in [2.45, 2.75) is 18.8 Å². The highest BCUT2D eigenvalue weighted by molar-refractivity contribution is 5.32. The number of halogens is 5. The van der Waals surface area contributed by atoms with Crippen molar-refractivity contribution in [3.05, 3.63) is 59.0 Å². The molecule has 0 aromatic heterocycles. The van der Waals surface area contributed by atoms with Gasteiger partial charge in [0.05, 0.1) is 0 Å². The Labute approximate surface area is 112 Å². The van der Waals surface area contributed by atoms with E-state index in [1.807, 2.05) is 12.2 Å². The van der Waals surface area contributed by atoms with E-state index in [-0.39, 0.29) is 11.8 Å². The van der Waals surface area contributed by atoms with Crippen molar-refractivity contribution in [3.63, 3.8) is 0 Å². The Kier molecular flexibility index (Phi) is 3.15. The molecule has 0 aliphatic heterocycles. The van der Waals surface area contributed by atoms with Gasteiger partial charge in [-0.25, -0.2) is 22.0 Å². The molecule has 3 atom stereocenters. The van der Waals surface area contributed by atoms with E-state index in [2.05, 4.69) is 0 Å². The maximum atomic E-state index is 13.9. The second kappa shape index (κ2) is 4.72. The van der Waals surface area contributed by atoms with Crippen molar-refractivity contribution < 1.29 is 22.0 Å². The van der Waals surface area contributed by atoms with E-state index in [9.17, 15) is 22.0 Å². The number of rotatable bonds is 1. The molecule has 0 nitrogen and oxygen atoms in total. The van der Waals surface area contributed by atoms with Gasteiger partial charge in [-0.05, 0) is 30.6 Å². The average Bonchev–Trinajstić information content (AvgIpc) is 2.87. The number of hydrogen-bond acceptors (Lipinski definition) is 0. The number of allylic oxidation sites excluding steroid dienone is 4. The van der Waals surface area contributed by atoms with Gasteiger partial charge in [0.25, 0.3) is 0 Å².